The fraction of sp³-hybridized carbons (Fsp3) is 0.595. The van der Waals surface area contributed by atoms with Gasteiger partial charge in [-0.1, -0.05) is 18.2 Å². The van der Waals surface area contributed by atoms with Crippen LogP contribution < -0.4 is 10.6 Å². The molecule has 3 saturated heterocycles. The molecule has 0 radical (unpaired) electrons. The Kier molecular flexibility index (Phi) is 10.7. The molecule has 1 saturated carbocycles. The summed E-state index contributed by atoms with van der Waals surface area (Å²) in [6.45, 7) is 6.70. The molecule has 49 heavy (non-hydrogen) atoms. The molecule has 4 aliphatic heterocycles. The molecule has 1 atom stereocenters. The first-order chi connectivity index (χ1) is 23.7. The van der Waals surface area contributed by atoms with E-state index in [1.807, 2.05) is 46.2 Å². The number of carbonyl (C=O) groups is 3. The summed E-state index contributed by atoms with van der Waals surface area (Å²) in [5, 5.41) is 16.4. The second-order valence-electron chi connectivity index (χ2n) is 14.8. The lowest BCUT2D eigenvalue weighted by atomic mass is 9.78. The Labute approximate surface area is 306 Å². The number of rotatable bonds is 8. The number of benzene rings is 2. The highest BCUT2D eigenvalue weighted by Crippen LogP contribution is 2.36. The number of fused-ring (bicyclic) bond motifs is 1. The first kappa shape index (κ1) is 34.6. The number of hydrogen-bond acceptors (Lipinski definition) is 5. The van der Waals surface area contributed by atoms with Crippen molar-refractivity contribution >= 4 is 55.5 Å². The molecule has 0 aromatic heterocycles. The number of piperidine rings is 3. The predicted octanol–water partition coefficient (Wildman–Crippen LogP) is 6.41. The fourth-order valence-electron chi connectivity index (χ4n) is 8.39. The van der Waals surface area contributed by atoms with E-state index >= 15 is 0 Å². The van der Waals surface area contributed by atoms with E-state index in [0.717, 1.165) is 41.5 Å². The van der Waals surface area contributed by atoms with Crippen LogP contribution in [0.2, 0.25) is 0 Å². The molecule has 3 N–H and O–H groups in total. The van der Waals surface area contributed by atoms with Crippen molar-refractivity contribution < 1.29 is 19.5 Å². The number of amides is 5. The van der Waals surface area contributed by atoms with Crippen molar-refractivity contribution in [2.24, 2.45) is 17.8 Å². The van der Waals surface area contributed by atoms with Crippen LogP contribution in [0.1, 0.15) is 62.5 Å². The number of nitrogens with zero attached hydrogens (tertiary/aromatic N) is 4. The van der Waals surface area contributed by atoms with Crippen molar-refractivity contribution in [2.75, 3.05) is 51.1 Å². The first-order valence-corrected chi connectivity index (χ1v) is 19.7. The molecule has 1 aliphatic carbocycles. The van der Waals surface area contributed by atoms with Gasteiger partial charge in [0.1, 0.15) is 11.8 Å². The van der Waals surface area contributed by atoms with Crippen molar-refractivity contribution in [3.63, 3.8) is 0 Å². The molecule has 0 bridgehead atoms. The number of phenols is 1. The third-order valence-corrected chi connectivity index (χ3v) is 12.7. The topological polar surface area (TPSA) is 108 Å². The molecule has 10 nitrogen and oxygen atoms in total. The molecule has 4 heterocycles. The first-order valence-electron chi connectivity index (χ1n) is 18.1. The average Bonchev–Trinajstić information content (AvgIpc) is 3.94. The summed E-state index contributed by atoms with van der Waals surface area (Å²) < 4.78 is 1.06. The van der Waals surface area contributed by atoms with Gasteiger partial charge in [0.25, 0.3) is 0 Å². The smallest absolute Gasteiger partial charge is 0.322 e. The summed E-state index contributed by atoms with van der Waals surface area (Å²) in [5.41, 5.74) is 2.78. The monoisotopic (exact) mass is 798 g/mol. The van der Waals surface area contributed by atoms with Gasteiger partial charge in [-0.25, -0.2) is 9.59 Å². The maximum absolute atomic E-state index is 14.1. The van der Waals surface area contributed by atoms with E-state index in [2.05, 4.69) is 47.4 Å². The fourth-order valence-corrected chi connectivity index (χ4v) is 9.68. The molecule has 2 aromatic rings. The van der Waals surface area contributed by atoms with Crippen LogP contribution in [0.4, 0.5) is 15.3 Å². The summed E-state index contributed by atoms with van der Waals surface area (Å²) in [6, 6.07) is 10.4. The maximum atomic E-state index is 14.1. The van der Waals surface area contributed by atoms with E-state index in [-0.39, 0.29) is 29.8 Å². The van der Waals surface area contributed by atoms with Gasteiger partial charge in [-0.3, -0.25) is 4.79 Å². The number of para-hydroxylation sites is 1. The Morgan fingerprint density at radius 2 is 1.47 bits per heavy atom. The Morgan fingerprint density at radius 3 is 2.12 bits per heavy atom. The molecule has 2 aromatic carbocycles. The van der Waals surface area contributed by atoms with Gasteiger partial charge in [0.2, 0.25) is 5.91 Å². The lowest BCUT2D eigenvalue weighted by Crippen LogP contribution is -2.57. The third kappa shape index (κ3) is 8.22. The van der Waals surface area contributed by atoms with Gasteiger partial charge >= 0.3 is 12.1 Å². The van der Waals surface area contributed by atoms with E-state index in [1.165, 1.54) is 45.3 Å². The normalized spacial score (nSPS) is 22.1. The van der Waals surface area contributed by atoms with Crippen LogP contribution in [0.15, 0.2) is 45.3 Å². The van der Waals surface area contributed by atoms with Gasteiger partial charge < -0.3 is 35.3 Å². The second kappa shape index (κ2) is 15.2. The van der Waals surface area contributed by atoms with Crippen molar-refractivity contribution in [1.82, 2.24) is 24.9 Å². The van der Waals surface area contributed by atoms with Crippen LogP contribution in [-0.2, 0) is 17.8 Å². The molecule has 0 unspecified atom stereocenters. The summed E-state index contributed by atoms with van der Waals surface area (Å²) >= 11 is 6.84. The van der Waals surface area contributed by atoms with Crippen LogP contribution in [0.25, 0.3) is 0 Å². The Bertz CT molecular complexity index is 1510. The molecule has 5 amide bonds. The largest absolute Gasteiger partial charge is 0.506 e. The number of urea groups is 2. The lowest BCUT2D eigenvalue weighted by Gasteiger charge is -2.42. The predicted molar refractivity (Wildman–Crippen MR) is 196 cm³/mol. The zero-order chi connectivity index (χ0) is 34.1. The zero-order valence-electron chi connectivity index (χ0n) is 28.1. The highest BCUT2D eigenvalue weighted by Gasteiger charge is 2.37. The van der Waals surface area contributed by atoms with Crippen molar-refractivity contribution in [3.05, 3.63) is 56.5 Å². The molecular formula is C37H48Br2N6O4. The minimum Gasteiger partial charge on any atom is -0.506 e. The summed E-state index contributed by atoms with van der Waals surface area (Å²) in [5.74, 6) is 2.38. The van der Waals surface area contributed by atoms with E-state index in [9.17, 15) is 19.5 Å². The quantitative estimate of drug-likeness (QED) is 0.286. The van der Waals surface area contributed by atoms with Crippen molar-refractivity contribution in [3.8, 4) is 5.75 Å². The molecule has 7 rings (SSSR count). The number of aromatic hydroxyl groups is 1. The minimum atomic E-state index is -0.736. The highest BCUT2D eigenvalue weighted by molar-refractivity contribution is 9.11. The highest BCUT2D eigenvalue weighted by atomic mass is 79.9. The number of nitrogens with one attached hydrogen (secondary N) is 2. The summed E-state index contributed by atoms with van der Waals surface area (Å²) in [4.78, 5) is 49.0. The molecule has 0 spiro atoms. The third-order valence-electron chi connectivity index (χ3n) is 11.5. The van der Waals surface area contributed by atoms with Crippen molar-refractivity contribution in [2.45, 2.75) is 76.4 Å². The lowest BCUT2D eigenvalue weighted by molar-refractivity contribution is -0.135. The van der Waals surface area contributed by atoms with Crippen molar-refractivity contribution in [1.29, 1.82) is 0 Å². The Hall–Kier alpha value is -2.83. The van der Waals surface area contributed by atoms with Gasteiger partial charge in [0.05, 0.1) is 8.95 Å². The zero-order valence-corrected chi connectivity index (χ0v) is 31.3. The number of halogens is 2. The van der Waals surface area contributed by atoms with Crippen LogP contribution in [0.5, 0.6) is 5.75 Å². The number of likely N-dealkylation sites (tertiary alicyclic amines) is 3. The van der Waals surface area contributed by atoms with Gasteiger partial charge in [0, 0.05) is 57.4 Å². The minimum absolute atomic E-state index is 0.0354. The van der Waals surface area contributed by atoms with E-state index in [4.69, 9.17) is 0 Å². The van der Waals surface area contributed by atoms with E-state index in [0.29, 0.717) is 66.8 Å². The summed E-state index contributed by atoms with van der Waals surface area (Å²) in [7, 11) is 0. The van der Waals surface area contributed by atoms with Gasteiger partial charge in [-0.2, -0.15) is 0 Å². The van der Waals surface area contributed by atoms with Crippen LogP contribution in [0, 0.1) is 17.8 Å². The van der Waals surface area contributed by atoms with Crippen LogP contribution in [-0.4, -0.2) is 101 Å². The SMILES string of the molecule is O=C(N[C@H](Cc1cc(Br)c(O)c(Br)c1)C(=O)N1CCC(C2CCN(CC3CC3)CC2)CC1)N1CCC(N2Cc3ccccc3NC2=O)CC1. The molecular weight excluding hydrogens is 752 g/mol. The van der Waals surface area contributed by atoms with Crippen LogP contribution >= 0.6 is 31.9 Å². The van der Waals surface area contributed by atoms with E-state index in [1.54, 1.807) is 4.90 Å². The number of hydrogen-bond donors (Lipinski definition) is 3. The standard InChI is InChI=1S/C37H48Br2N6O4/c38-30-19-25(20-31(39)34(30)46)21-33(35(47)43-15-9-27(10-16-43)26-7-13-42(14-8-26)22-24-5-6-24)41-36(48)44-17-11-29(12-18-44)45-23-28-3-1-2-4-32(28)40-37(45)49/h1-4,19-20,24,26-27,29,33,46H,5-18,21-23H2,(H,40,49)(H,41,48)/t33-/m1/s1. The second-order valence-corrected chi connectivity index (χ2v) is 16.5. The number of phenolic OH excluding ortho intramolecular Hbond substituents is 1. The molecule has 12 heteroatoms. The van der Waals surface area contributed by atoms with Gasteiger partial charge in [0.15, 0.2) is 0 Å². The van der Waals surface area contributed by atoms with Gasteiger partial charge in [-0.15, -0.1) is 0 Å². The molecule has 264 valence electrons. The molecule has 5 aliphatic rings. The Morgan fingerprint density at radius 1 is 0.857 bits per heavy atom. The van der Waals surface area contributed by atoms with Crippen LogP contribution in [0.3, 0.4) is 0 Å². The number of anilines is 1. The number of carbonyl (C=O) groups excluding carboxylic acids is 3. The van der Waals surface area contributed by atoms with Gasteiger partial charge in [-0.05, 0) is 143 Å². The summed E-state index contributed by atoms with van der Waals surface area (Å²) in [6.07, 6.45) is 9.02. The average molecular weight is 801 g/mol. The Balaban J connectivity index is 0.961. The van der Waals surface area contributed by atoms with E-state index < -0.39 is 6.04 Å². The maximum Gasteiger partial charge on any atom is 0.322 e. The molecule has 4 fully saturated rings.